The molecule has 1 fully saturated rings. The molecule has 9 heteroatoms. The lowest BCUT2D eigenvalue weighted by atomic mass is 10.1. The number of nitrogens with one attached hydrogen (secondary N) is 1. The van der Waals surface area contributed by atoms with Crippen LogP contribution >= 0.6 is 0 Å². The Hall–Kier alpha value is -2.49. The molecule has 5 nitrogen and oxygen atoms in total. The summed E-state index contributed by atoms with van der Waals surface area (Å²) in [7, 11) is 0. The van der Waals surface area contributed by atoms with Crippen molar-refractivity contribution in [3.8, 4) is 0 Å². The van der Waals surface area contributed by atoms with Gasteiger partial charge in [0.1, 0.15) is 6.61 Å². The number of rotatable bonds is 9. The summed E-state index contributed by atoms with van der Waals surface area (Å²) < 4.78 is 60.3. The van der Waals surface area contributed by atoms with Gasteiger partial charge in [-0.2, -0.15) is 8.78 Å². The van der Waals surface area contributed by atoms with Gasteiger partial charge in [0.25, 0.3) is 5.91 Å². The van der Waals surface area contributed by atoms with E-state index in [-0.39, 0.29) is 12.5 Å². The number of morpholine rings is 1. The van der Waals surface area contributed by atoms with E-state index < -0.39 is 19.0 Å². The van der Waals surface area contributed by atoms with E-state index in [1.165, 1.54) is 6.07 Å². The number of anilines is 1. The standard InChI is InChI=1S/C22H24F4N2O3/c23-21(24)22(25,26)15-31-14-17-4-1-5-18(11-17)20(29)27-19-6-2-3-16(12-19)13-28-7-9-30-10-8-28/h1-6,11-12,21H,7-10,13-15H2,(H,27,29). The van der Waals surface area contributed by atoms with Gasteiger partial charge in [0.2, 0.25) is 0 Å². The molecule has 1 heterocycles. The molecule has 168 valence electrons. The topological polar surface area (TPSA) is 50.8 Å². The van der Waals surface area contributed by atoms with Gasteiger partial charge in [0, 0.05) is 30.9 Å². The monoisotopic (exact) mass is 440 g/mol. The zero-order valence-corrected chi connectivity index (χ0v) is 16.8. The lowest BCUT2D eigenvalue weighted by Gasteiger charge is -2.26. The molecule has 0 unspecified atom stereocenters. The zero-order chi connectivity index (χ0) is 22.3. The van der Waals surface area contributed by atoms with Crippen LogP contribution in [0.25, 0.3) is 0 Å². The Morgan fingerprint density at radius 1 is 1.10 bits per heavy atom. The van der Waals surface area contributed by atoms with Gasteiger partial charge in [-0.25, -0.2) is 8.78 Å². The van der Waals surface area contributed by atoms with Crippen LogP contribution in [0.5, 0.6) is 0 Å². The van der Waals surface area contributed by atoms with Crippen molar-refractivity contribution in [2.45, 2.75) is 25.5 Å². The normalized spacial score (nSPS) is 15.3. The van der Waals surface area contributed by atoms with Gasteiger partial charge in [-0.1, -0.05) is 24.3 Å². The third kappa shape index (κ3) is 7.02. The van der Waals surface area contributed by atoms with E-state index in [9.17, 15) is 22.4 Å². The van der Waals surface area contributed by atoms with Crippen LogP contribution in [0.2, 0.25) is 0 Å². The first-order valence-corrected chi connectivity index (χ1v) is 9.86. The molecule has 2 aromatic carbocycles. The summed E-state index contributed by atoms with van der Waals surface area (Å²) in [5.41, 5.74) is 2.43. The summed E-state index contributed by atoms with van der Waals surface area (Å²) >= 11 is 0. The number of alkyl halides is 4. The van der Waals surface area contributed by atoms with Gasteiger partial charge in [-0.05, 0) is 35.4 Å². The highest BCUT2D eigenvalue weighted by molar-refractivity contribution is 6.04. The third-order valence-electron chi connectivity index (χ3n) is 4.77. The van der Waals surface area contributed by atoms with Crippen molar-refractivity contribution in [3.05, 3.63) is 65.2 Å². The van der Waals surface area contributed by atoms with Crippen LogP contribution in [0.3, 0.4) is 0 Å². The first-order valence-electron chi connectivity index (χ1n) is 9.86. The highest BCUT2D eigenvalue weighted by atomic mass is 19.3. The average Bonchev–Trinajstić information content (AvgIpc) is 2.75. The van der Waals surface area contributed by atoms with Crippen LogP contribution in [0.15, 0.2) is 48.5 Å². The quantitative estimate of drug-likeness (QED) is 0.595. The molecule has 31 heavy (non-hydrogen) atoms. The summed E-state index contributed by atoms with van der Waals surface area (Å²) in [6.45, 7) is 2.18. The highest BCUT2D eigenvalue weighted by Crippen LogP contribution is 2.23. The van der Waals surface area contributed by atoms with Crippen LogP contribution in [-0.2, 0) is 22.6 Å². The van der Waals surface area contributed by atoms with Crippen molar-refractivity contribution >= 4 is 11.6 Å². The van der Waals surface area contributed by atoms with Gasteiger partial charge < -0.3 is 14.8 Å². The van der Waals surface area contributed by atoms with Crippen LogP contribution in [-0.4, -0.2) is 56.1 Å². The van der Waals surface area contributed by atoms with Crippen molar-refractivity contribution < 1.29 is 31.8 Å². The number of nitrogens with zero attached hydrogens (tertiary/aromatic N) is 1. The summed E-state index contributed by atoms with van der Waals surface area (Å²) in [5.74, 6) is -4.58. The van der Waals surface area contributed by atoms with Gasteiger partial charge in [-0.3, -0.25) is 9.69 Å². The number of carbonyl (C=O) groups excluding carboxylic acids is 1. The Labute approximate surface area is 177 Å². The number of hydrogen-bond donors (Lipinski definition) is 1. The molecule has 0 bridgehead atoms. The summed E-state index contributed by atoms with van der Waals surface area (Å²) in [4.78, 5) is 14.9. The molecule has 1 aliphatic heterocycles. The number of halogens is 4. The van der Waals surface area contributed by atoms with E-state index in [4.69, 9.17) is 9.47 Å². The first-order chi connectivity index (χ1) is 14.8. The number of ether oxygens (including phenoxy) is 2. The largest absolute Gasteiger partial charge is 0.379 e. The lowest BCUT2D eigenvalue weighted by molar-refractivity contribution is -0.168. The second-order valence-electron chi connectivity index (χ2n) is 7.30. The Kier molecular flexibility index (Phi) is 8.00. The van der Waals surface area contributed by atoms with Crippen molar-refractivity contribution in [2.24, 2.45) is 0 Å². The summed E-state index contributed by atoms with van der Waals surface area (Å²) in [6.07, 6.45) is -3.79. The van der Waals surface area contributed by atoms with Crippen molar-refractivity contribution in [1.29, 1.82) is 0 Å². The SMILES string of the molecule is O=C(Nc1cccc(CN2CCOCC2)c1)c1cccc(COCC(F)(F)C(F)F)c1. The molecule has 1 aliphatic rings. The van der Waals surface area contributed by atoms with E-state index in [1.54, 1.807) is 24.3 Å². The maximum atomic E-state index is 12.9. The minimum Gasteiger partial charge on any atom is -0.379 e. The Bertz CT molecular complexity index is 873. The second kappa shape index (κ2) is 10.7. The van der Waals surface area contributed by atoms with E-state index in [2.05, 4.69) is 10.2 Å². The van der Waals surface area contributed by atoms with E-state index >= 15 is 0 Å². The highest BCUT2D eigenvalue weighted by Gasteiger charge is 2.40. The van der Waals surface area contributed by atoms with Crippen molar-refractivity contribution in [1.82, 2.24) is 4.90 Å². The van der Waals surface area contributed by atoms with Crippen molar-refractivity contribution in [3.63, 3.8) is 0 Å². The summed E-state index contributed by atoms with van der Waals surface area (Å²) in [5, 5.41) is 2.82. The van der Waals surface area contributed by atoms with Crippen LogP contribution in [0, 0.1) is 0 Å². The fourth-order valence-corrected chi connectivity index (χ4v) is 3.14. The maximum absolute atomic E-state index is 12.9. The number of benzene rings is 2. The van der Waals surface area contributed by atoms with Gasteiger partial charge in [0.05, 0.1) is 19.8 Å². The molecule has 0 saturated carbocycles. The fourth-order valence-electron chi connectivity index (χ4n) is 3.14. The van der Waals surface area contributed by atoms with E-state index in [1.807, 2.05) is 18.2 Å². The molecule has 0 aliphatic carbocycles. The number of hydrogen-bond acceptors (Lipinski definition) is 4. The molecular weight excluding hydrogens is 416 g/mol. The molecule has 0 aromatic heterocycles. The number of carbonyl (C=O) groups is 1. The van der Waals surface area contributed by atoms with Crippen molar-refractivity contribution in [2.75, 3.05) is 38.2 Å². The minimum absolute atomic E-state index is 0.306. The Balaban J connectivity index is 1.57. The molecule has 0 spiro atoms. The van der Waals surface area contributed by atoms with Crippen LogP contribution in [0.4, 0.5) is 23.2 Å². The zero-order valence-electron chi connectivity index (χ0n) is 16.8. The molecule has 1 saturated heterocycles. The maximum Gasteiger partial charge on any atom is 0.330 e. The first kappa shape index (κ1) is 23.2. The molecule has 3 rings (SSSR count). The number of amides is 1. The molecule has 1 amide bonds. The van der Waals surface area contributed by atoms with Gasteiger partial charge in [0.15, 0.2) is 0 Å². The van der Waals surface area contributed by atoms with Crippen LogP contribution < -0.4 is 5.32 Å². The van der Waals surface area contributed by atoms with E-state index in [0.717, 1.165) is 25.2 Å². The van der Waals surface area contributed by atoms with Crippen LogP contribution in [0.1, 0.15) is 21.5 Å². The Morgan fingerprint density at radius 2 is 1.81 bits per heavy atom. The molecule has 0 radical (unpaired) electrons. The van der Waals surface area contributed by atoms with Gasteiger partial charge in [-0.15, -0.1) is 0 Å². The summed E-state index contributed by atoms with van der Waals surface area (Å²) in [6, 6.07) is 13.7. The second-order valence-corrected chi connectivity index (χ2v) is 7.30. The predicted molar refractivity (Wildman–Crippen MR) is 108 cm³/mol. The van der Waals surface area contributed by atoms with Gasteiger partial charge >= 0.3 is 12.3 Å². The predicted octanol–water partition coefficient (Wildman–Crippen LogP) is 4.19. The lowest BCUT2D eigenvalue weighted by Crippen LogP contribution is -2.35. The molecule has 1 N–H and O–H groups in total. The smallest absolute Gasteiger partial charge is 0.330 e. The average molecular weight is 440 g/mol. The molecule has 0 atom stereocenters. The van der Waals surface area contributed by atoms with E-state index in [0.29, 0.717) is 30.0 Å². The molecule has 2 aromatic rings. The fraction of sp³-hybridized carbons (Fsp3) is 0.409. The molecular formula is C22H24F4N2O3. The Morgan fingerprint density at radius 3 is 2.55 bits per heavy atom. The third-order valence-corrected chi connectivity index (χ3v) is 4.77. The minimum atomic E-state index is -4.21.